The van der Waals surface area contributed by atoms with Crippen LogP contribution in [0.5, 0.6) is 5.75 Å². The molecule has 2 bridgehead atoms. The largest absolute Gasteiger partial charge is 0.490 e. The number of carbonyl (C=O) groups is 1. The van der Waals surface area contributed by atoms with Crippen molar-refractivity contribution >= 4 is 16.7 Å². The summed E-state index contributed by atoms with van der Waals surface area (Å²) in [4.78, 5) is 14.0. The van der Waals surface area contributed by atoms with Gasteiger partial charge in [-0.3, -0.25) is 9.69 Å². The Balaban J connectivity index is 1.40. The Morgan fingerprint density at radius 2 is 1.59 bits per heavy atom. The molecule has 5 rings (SSSR count). The molecule has 0 spiro atoms. The Bertz CT molecular complexity index is 1190. The van der Waals surface area contributed by atoms with E-state index < -0.39 is 35.9 Å². The summed E-state index contributed by atoms with van der Waals surface area (Å²) < 4.78 is 87.5. The fourth-order valence-electron chi connectivity index (χ4n) is 7.09. The molecule has 214 valence electrons. The van der Waals surface area contributed by atoms with Gasteiger partial charge in [-0.2, -0.15) is 26.3 Å². The first-order valence-corrected chi connectivity index (χ1v) is 13.7. The monoisotopic (exact) mass is 557 g/mol. The average Bonchev–Trinajstić information content (AvgIpc) is 2.86. The number of rotatable bonds is 5. The smallest absolute Gasteiger partial charge is 0.420 e. The van der Waals surface area contributed by atoms with Crippen molar-refractivity contribution in [3.8, 4) is 5.75 Å². The number of benzene rings is 2. The molecular formula is C29H33F6NO3. The van der Waals surface area contributed by atoms with E-state index in [1.165, 1.54) is 12.1 Å². The predicted octanol–water partition coefficient (Wildman–Crippen LogP) is 8.14. The molecule has 3 aliphatic rings. The minimum absolute atomic E-state index is 0.00953. The lowest BCUT2D eigenvalue weighted by molar-refractivity contribution is -0.185. The van der Waals surface area contributed by atoms with Crippen LogP contribution in [0.15, 0.2) is 30.3 Å². The summed E-state index contributed by atoms with van der Waals surface area (Å²) in [5, 5.41) is 9.95. The second-order valence-corrected chi connectivity index (χ2v) is 11.4. The zero-order valence-electron chi connectivity index (χ0n) is 21.7. The Hall–Kier alpha value is -2.49. The summed E-state index contributed by atoms with van der Waals surface area (Å²) in [7, 11) is 0. The van der Waals surface area contributed by atoms with Crippen LogP contribution >= 0.6 is 0 Å². The SMILES string of the molecule is C[C@H](c1ccc2c(C(F)(F)F)c(O[C@H]3CC[C@@H](C(F)(F)F)CC3)ccc2c1)N1C2CCCC1CC(C(=O)O)C2. The fourth-order valence-corrected chi connectivity index (χ4v) is 7.09. The minimum atomic E-state index is -4.71. The van der Waals surface area contributed by atoms with Crippen LogP contribution in [0.2, 0.25) is 0 Å². The van der Waals surface area contributed by atoms with E-state index in [4.69, 9.17) is 4.74 Å². The van der Waals surface area contributed by atoms with E-state index in [0.717, 1.165) is 24.8 Å². The molecule has 2 unspecified atom stereocenters. The summed E-state index contributed by atoms with van der Waals surface area (Å²) in [5.41, 5.74) is -0.0447. The van der Waals surface area contributed by atoms with E-state index in [0.29, 0.717) is 18.2 Å². The van der Waals surface area contributed by atoms with Gasteiger partial charge in [0.1, 0.15) is 11.3 Å². The molecule has 2 aliphatic heterocycles. The lowest BCUT2D eigenvalue weighted by Crippen LogP contribution is -2.53. The second kappa shape index (κ2) is 10.5. The van der Waals surface area contributed by atoms with E-state index in [1.54, 1.807) is 18.2 Å². The summed E-state index contributed by atoms with van der Waals surface area (Å²) in [6, 6.07) is 7.92. The maximum atomic E-state index is 14.3. The highest BCUT2D eigenvalue weighted by molar-refractivity contribution is 5.89. The molecule has 2 heterocycles. The van der Waals surface area contributed by atoms with Crippen LogP contribution in [-0.4, -0.2) is 40.3 Å². The van der Waals surface area contributed by atoms with Crippen molar-refractivity contribution in [3.63, 3.8) is 0 Å². The highest BCUT2D eigenvalue weighted by Gasteiger charge is 2.44. The molecule has 1 N–H and O–H groups in total. The summed E-state index contributed by atoms with van der Waals surface area (Å²) in [6.07, 6.45) is -5.91. The van der Waals surface area contributed by atoms with Gasteiger partial charge in [0.05, 0.1) is 17.9 Å². The number of alkyl halides is 6. The lowest BCUT2D eigenvalue weighted by atomic mass is 9.77. The maximum absolute atomic E-state index is 14.3. The van der Waals surface area contributed by atoms with E-state index >= 15 is 0 Å². The van der Waals surface area contributed by atoms with Crippen LogP contribution in [0.3, 0.4) is 0 Å². The van der Waals surface area contributed by atoms with Crippen LogP contribution in [-0.2, 0) is 11.0 Å². The quantitative estimate of drug-likeness (QED) is 0.377. The highest BCUT2D eigenvalue weighted by atomic mass is 19.4. The molecule has 0 radical (unpaired) electrons. The normalized spacial score (nSPS) is 29.3. The van der Waals surface area contributed by atoms with Crippen LogP contribution in [0.1, 0.15) is 81.9 Å². The van der Waals surface area contributed by atoms with Crippen molar-refractivity contribution in [3.05, 3.63) is 41.5 Å². The molecule has 1 saturated carbocycles. The van der Waals surface area contributed by atoms with E-state index in [1.807, 2.05) is 6.92 Å². The molecule has 2 aromatic carbocycles. The number of fused-ring (bicyclic) bond motifs is 3. The van der Waals surface area contributed by atoms with Crippen molar-refractivity contribution in [2.75, 3.05) is 0 Å². The van der Waals surface area contributed by atoms with Gasteiger partial charge < -0.3 is 9.84 Å². The summed E-state index contributed by atoms with van der Waals surface area (Å²) in [6.45, 7) is 2.02. The van der Waals surface area contributed by atoms with Crippen LogP contribution < -0.4 is 4.74 Å². The first-order valence-electron chi connectivity index (χ1n) is 13.7. The fraction of sp³-hybridized carbons (Fsp3) is 0.621. The van der Waals surface area contributed by atoms with Gasteiger partial charge in [0, 0.05) is 18.1 Å². The molecule has 10 heteroatoms. The van der Waals surface area contributed by atoms with Gasteiger partial charge in [-0.15, -0.1) is 0 Å². The van der Waals surface area contributed by atoms with Gasteiger partial charge >= 0.3 is 18.3 Å². The molecule has 3 fully saturated rings. The molecule has 2 aromatic rings. The third-order valence-corrected chi connectivity index (χ3v) is 9.03. The van der Waals surface area contributed by atoms with Crippen molar-refractivity contribution in [2.24, 2.45) is 11.8 Å². The zero-order valence-corrected chi connectivity index (χ0v) is 21.7. The van der Waals surface area contributed by atoms with Gasteiger partial charge in [0.2, 0.25) is 0 Å². The number of carboxylic acids is 1. The number of hydrogen-bond donors (Lipinski definition) is 1. The van der Waals surface area contributed by atoms with Gasteiger partial charge in [-0.25, -0.2) is 0 Å². The molecule has 1 aliphatic carbocycles. The van der Waals surface area contributed by atoms with E-state index in [9.17, 15) is 36.2 Å². The minimum Gasteiger partial charge on any atom is -0.490 e. The Kier molecular flexibility index (Phi) is 7.54. The predicted molar refractivity (Wildman–Crippen MR) is 133 cm³/mol. The third-order valence-electron chi connectivity index (χ3n) is 9.03. The summed E-state index contributed by atoms with van der Waals surface area (Å²) in [5.74, 6) is -2.92. The van der Waals surface area contributed by atoms with Gasteiger partial charge in [0.25, 0.3) is 0 Å². The average molecular weight is 558 g/mol. The number of halogens is 6. The molecule has 2 saturated heterocycles. The molecule has 0 amide bonds. The topological polar surface area (TPSA) is 49.8 Å². The van der Waals surface area contributed by atoms with Crippen molar-refractivity contribution in [1.29, 1.82) is 0 Å². The zero-order chi connectivity index (χ0) is 28.1. The molecule has 4 nitrogen and oxygen atoms in total. The standard InChI is InChI=1S/C29H33F6NO3/c1-16(36-21-3-2-4-22(36)15-19(14-21)27(37)38)17-5-11-24-18(13-17)6-12-25(26(24)29(33,34)35)39-23-9-7-20(8-10-23)28(30,31)32/h5-6,11-13,16,19-23H,2-4,7-10,14-15H2,1H3,(H,37,38)/t16-,19?,20-,21?,22?,23+/m1/s1. The molecular weight excluding hydrogens is 524 g/mol. The van der Waals surface area contributed by atoms with Crippen molar-refractivity contribution in [2.45, 2.75) is 101 Å². The van der Waals surface area contributed by atoms with Gasteiger partial charge in [-0.05, 0) is 86.8 Å². The molecule has 0 aromatic heterocycles. The number of aliphatic carboxylic acids is 1. The number of nitrogens with zero attached hydrogens (tertiary/aromatic N) is 1. The third kappa shape index (κ3) is 5.72. The second-order valence-electron chi connectivity index (χ2n) is 11.4. The Morgan fingerprint density at radius 3 is 2.15 bits per heavy atom. The Labute approximate surface area is 223 Å². The first-order chi connectivity index (χ1) is 18.3. The first kappa shape index (κ1) is 28.1. The summed E-state index contributed by atoms with van der Waals surface area (Å²) >= 11 is 0. The molecule has 39 heavy (non-hydrogen) atoms. The number of piperidine rings is 2. The number of hydrogen-bond acceptors (Lipinski definition) is 3. The number of ether oxygens (including phenoxy) is 1. The van der Waals surface area contributed by atoms with Gasteiger partial charge in [0.15, 0.2) is 0 Å². The van der Waals surface area contributed by atoms with Crippen LogP contribution in [0.25, 0.3) is 10.8 Å². The highest BCUT2D eigenvalue weighted by Crippen LogP contribution is 2.46. The maximum Gasteiger partial charge on any atom is 0.420 e. The van der Waals surface area contributed by atoms with Crippen molar-refractivity contribution in [1.82, 2.24) is 4.90 Å². The lowest BCUT2D eigenvalue weighted by Gasteiger charge is -2.51. The van der Waals surface area contributed by atoms with Crippen LogP contribution in [0, 0.1) is 11.8 Å². The molecule has 3 atom stereocenters. The van der Waals surface area contributed by atoms with Crippen LogP contribution in [0.4, 0.5) is 26.3 Å². The van der Waals surface area contributed by atoms with Gasteiger partial charge in [-0.1, -0.05) is 24.6 Å². The van der Waals surface area contributed by atoms with E-state index in [2.05, 4.69) is 4.90 Å². The Morgan fingerprint density at radius 1 is 0.949 bits per heavy atom. The van der Waals surface area contributed by atoms with E-state index in [-0.39, 0.29) is 60.9 Å². The number of carboxylic acid groups (broad SMARTS) is 1. The van der Waals surface area contributed by atoms with Crippen molar-refractivity contribution < 1.29 is 41.0 Å².